The minimum Gasteiger partial charge on any atom is -0.397 e. The van der Waals surface area contributed by atoms with E-state index in [2.05, 4.69) is 0 Å². The lowest BCUT2D eigenvalue weighted by Gasteiger charge is -2.22. The number of nitrogens with zero attached hydrogens (tertiary/aromatic N) is 2. The summed E-state index contributed by atoms with van der Waals surface area (Å²) >= 11 is 0. The lowest BCUT2D eigenvalue weighted by Crippen LogP contribution is -2.47. The Balaban J connectivity index is 2.82. The Morgan fingerprint density at radius 3 is 1.50 bits per heavy atom. The minimum atomic E-state index is -0.847. The van der Waals surface area contributed by atoms with E-state index in [4.69, 9.17) is 9.31 Å². The van der Waals surface area contributed by atoms with Crippen molar-refractivity contribution >= 4 is 18.9 Å². The van der Waals surface area contributed by atoms with Crippen LogP contribution in [0.1, 0.15) is 0 Å². The molecule has 6 nitrogen and oxygen atoms in total. The van der Waals surface area contributed by atoms with Gasteiger partial charge in [0.15, 0.2) is 12.2 Å². The number of hydrogen-bond donors (Lipinski definition) is 0. The third-order valence-corrected chi connectivity index (χ3v) is 2.32. The van der Waals surface area contributed by atoms with Crippen LogP contribution < -0.4 is 0 Å². The van der Waals surface area contributed by atoms with Gasteiger partial charge in [0.1, 0.15) is 0 Å². The summed E-state index contributed by atoms with van der Waals surface area (Å²) in [6.07, 6.45) is -1.69. The second kappa shape index (κ2) is 4.84. The van der Waals surface area contributed by atoms with Crippen LogP contribution in [0.5, 0.6) is 0 Å². The molecule has 1 heterocycles. The van der Waals surface area contributed by atoms with E-state index in [0.717, 1.165) is 0 Å². The van der Waals surface area contributed by atoms with Crippen molar-refractivity contribution in [3.63, 3.8) is 0 Å². The van der Waals surface area contributed by atoms with Gasteiger partial charge in [-0.05, 0) is 6.82 Å². The van der Waals surface area contributed by atoms with E-state index in [1.807, 2.05) is 0 Å². The fourth-order valence-corrected chi connectivity index (χ4v) is 1.47. The smallest absolute Gasteiger partial charge is 0.397 e. The lowest BCUT2D eigenvalue weighted by atomic mass is 9.97. The van der Waals surface area contributed by atoms with Crippen LogP contribution in [0.3, 0.4) is 0 Å². The second-order valence-electron chi connectivity index (χ2n) is 4.15. The van der Waals surface area contributed by atoms with E-state index in [1.165, 1.54) is 9.80 Å². The lowest BCUT2D eigenvalue weighted by molar-refractivity contribution is -0.146. The normalized spacial score (nSPS) is 24.4. The maximum atomic E-state index is 11.8. The van der Waals surface area contributed by atoms with Gasteiger partial charge >= 0.3 is 7.12 Å². The van der Waals surface area contributed by atoms with E-state index >= 15 is 0 Å². The molecule has 2 atom stereocenters. The fourth-order valence-electron chi connectivity index (χ4n) is 1.47. The summed E-state index contributed by atoms with van der Waals surface area (Å²) in [5.41, 5.74) is 0. The Labute approximate surface area is 95.6 Å². The Morgan fingerprint density at radius 1 is 0.938 bits per heavy atom. The molecule has 2 amide bonds. The highest BCUT2D eigenvalue weighted by Gasteiger charge is 2.46. The molecule has 0 aromatic heterocycles. The predicted molar refractivity (Wildman–Crippen MR) is 58.8 cm³/mol. The van der Waals surface area contributed by atoms with Gasteiger partial charge in [0.2, 0.25) is 0 Å². The molecule has 16 heavy (non-hydrogen) atoms. The number of rotatable bonds is 2. The topological polar surface area (TPSA) is 59.1 Å². The molecule has 0 saturated carbocycles. The first-order valence-electron chi connectivity index (χ1n) is 5.08. The summed E-state index contributed by atoms with van der Waals surface area (Å²) in [6, 6.07) is 0. The molecular formula is C9H17BN2O4. The molecular weight excluding hydrogens is 211 g/mol. The Morgan fingerprint density at radius 2 is 1.25 bits per heavy atom. The summed E-state index contributed by atoms with van der Waals surface area (Å²) in [7, 11) is 5.93. The van der Waals surface area contributed by atoms with Crippen LogP contribution in [0.4, 0.5) is 0 Å². The zero-order valence-corrected chi connectivity index (χ0v) is 10.3. The van der Waals surface area contributed by atoms with Gasteiger partial charge in [-0.2, -0.15) is 0 Å². The van der Waals surface area contributed by atoms with Crippen molar-refractivity contribution in [1.82, 2.24) is 9.80 Å². The number of carbonyl (C=O) groups is 2. The standard InChI is InChI=1S/C9H17BN2O4/c1-10-15-6(8(13)11(2)3)7(16-10)9(14)12(4)5/h6-7H,1-5H3/t6-,7-/m0/s1. The predicted octanol–water partition coefficient (Wildman–Crippen LogP) is -0.935. The summed E-state index contributed by atoms with van der Waals surface area (Å²) < 4.78 is 10.6. The third-order valence-electron chi connectivity index (χ3n) is 2.32. The van der Waals surface area contributed by atoms with Gasteiger partial charge in [-0.25, -0.2) is 0 Å². The number of hydrogen-bond acceptors (Lipinski definition) is 4. The molecule has 0 spiro atoms. The van der Waals surface area contributed by atoms with E-state index < -0.39 is 19.3 Å². The number of likely N-dealkylation sites (N-methyl/N-ethyl adjacent to an activating group) is 2. The third kappa shape index (κ3) is 2.54. The van der Waals surface area contributed by atoms with Crippen molar-refractivity contribution in [1.29, 1.82) is 0 Å². The molecule has 1 aliphatic heterocycles. The highest BCUT2D eigenvalue weighted by atomic mass is 16.7. The van der Waals surface area contributed by atoms with Crippen molar-refractivity contribution < 1.29 is 18.9 Å². The minimum absolute atomic E-state index is 0.260. The Hall–Kier alpha value is -1.08. The molecule has 90 valence electrons. The van der Waals surface area contributed by atoms with Gasteiger partial charge in [0.05, 0.1) is 0 Å². The highest BCUT2D eigenvalue weighted by Crippen LogP contribution is 2.19. The van der Waals surface area contributed by atoms with Crippen molar-refractivity contribution in [2.45, 2.75) is 19.0 Å². The Kier molecular flexibility index (Phi) is 3.93. The first-order chi connectivity index (χ1) is 7.34. The van der Waals surface area contributed by atoms with Crippen LogP contribution in [0.25, 0.3) is 0 Å². The molecule has 0 aromatic carbocycles. The van der Waals surface area contributed by atoms with Crippen LogP contribution >= 0.6 is 0 Å². The fraction of sp³-hybridized carbons (Fsp3) is 0.778. The van der Waals surface area contributed by atoms with Gasteiger partial charge < -0.3 is 19.1 Å². The number of amides is 2. The van der Waals surface area contributed by atoms with Gasteiger partial charge in [-0.15, -0.1) is 0 Å². The molecule has 0 aliphatic carbocycles. The van der Waals surface area contributed by atoms with Crippen LogP contribution in [0.2, 0.25) is 6.82 Å². The quantitative estimate of drug-likeness (QED) is 0.572. The van der Waals surface area contributed by atoms with Crippen LogP contribution in [-0.2, 0) is 18.9 Å². The molecule has 0 aromatic rings. The summed E-state index contributed by atoms with van der Waals surface area (Å²) in [5, 5.41) is 0. The van der Waals surface area contributed by atoms with Crippen molar-refractivity contribution in [2.24, 2.45) is 0 Å². The number of carbonyl (C=O) groups excluding carboxylic acids is 2. The van der Waals surface area contributed by atoms with E-state index in [9.17, 15) is 9.59 Å². The van der Waals surface area contributed by atoms with E-state index in [1.54, 1.807) is 35.0 Å². The van der Waals surface area contributed by atoms with Crippen LogP contribution in [0.15, 0.2) is 0 Å². The molecule has 7 heteroatoms. The van der Waals surface area contributed by atoms with Crippen LogP contribution in [0, 0.1) is 0 Å². The first kappa shape index (κ1) is 13.0. The molecule has 1 saturated heterocycles. The van der Waals surface area contributed by atoms with Crippen molar-refractivity contribution in [3.05, 3.63) is 0 Å². The molecule has 1 aliphatic rings. The molecule has 1 fully saturated rings. The average molecular weight is 228 g/mol. The SMILES string of the molecule is CB1O[C@H](C(=O)N(C)C)[C@@H](C(=O)N(C)C)O1. The first-order valence-corrected chi connectivity index (χ1v) is 5.08. The average Bonchev–Trinajstić information content (AvgIpc) is 2.57. The van der Waals surface area contributed by atoms with Gasteiger partial charge in [-0.1, -0.05) is 0 Å². The zero-order valence-electron chi connectivity index (χ0n) is 10.3. The molecule has 0 unspecified atom stereocenters. The van der Waals surface area contributed by atoms with Crippen LogP contribution in [-0.4, -0.2) is 69.1 Å². The summed E-state index contributed by atoms with van der Waals surface area (Å²) in [5.74, 6) is -0.519. The van der Waals surface area contributed by atoms with E-state index in [-0.39, 0.29) is 11.8 Å². The maximum Gasteiger partial charge on any atom is 0.454 e. The van der Waals surface area contributed by atoms with Gasteiger partial charge in [-0.3, -0.25) is 9.59 Å². The largest absolute Gasteiger partial charge is 0.454 e. The molecule has 0 N–H and O–H groups in total. The molecule has 1 rings (SSSR count). The summed E-state index contributed by atoms with van der Waals surface area (Å²) in [4.78, 5) is 26.3. The van der Waals surface area contributed by atoms with E-state index in [0.29, 0.717) is 0 Å². The monoisotopic (exact) mass is 228 g/mol. The Bertz CT molecular complexity index is 267. The molecule has 0 radical (unpaired) electrons. The second-order valence-corrected chi connectivity index (χ2v) is 4.15. The van der Waals surface area contributed by atoms with Crippen molar-refractivity contribution in [2.75, 3.05) is 28.2 Å². The zero-order chi connectivity index (χ0) is 12.5. The van der Waals surface area contributed by atoms with Gasteiger partial charge in [0.25, 0.3) is 11.8 Å². The summed E-state index contributed by atoms with van der Waals surface area (Å²) in [6.45, 7) is 1.67. The molecule has 0 bridgehead atoms. The van der Waals surface area contributed by atoms with Gasteiger partial charge in [0, 0.05) is 28.2 Å². The highest BCUT2D eigenvalue weighted by molar-refractivity contribution is 6.44. The maximum absolute atomic E-state index is 11.8. The van der Waals surface area contributed by atoms with Crippen molar-refractivity contribution in [3.8, 4) is 0 Å².